The van der Waals surface area contributed by atoms with E-state index < -0.39 is 0 Å². The lowest BCUT2D eigenvalue weighted by molar-refractivity contribution is 0.0938. The van der Waals surface area contributed by atoms with Crippen molar-refractivity contribution in [3.05, 3.63) is 47.5 Å². The highest BCUT2D eigenvalue weighted by Crippen LogP contribution is 2.10. The third-order valence-corrected chi connectivity index (χ3v) is 3.21. The minimum atomic E-state index is -0.198. The van der Waals surface area contributed by atoms with E-state index in [1.54, 1.807) is 12.1 Å². The fourth-order valence-electron chi connectivity index (χ4n) is 1.52. The van der Waals surface area contributed by atoms with Crippen molar-refractivity contribution in [3.63, 3.8) is 0 Å². The van der Waals surface area contributed by atoms with Crippen molar-refractivity contribution in [2.45, 2.75) is 18.3 Å². The van der Waals surface area contributed by atoms with E-state index in [0.29, 0.717) is 11.4 Å². The van der Waals surface area contributed by atoms with E-state index in [-0.39, 0.29) is 11.9 Å². The van der Waals surface area contributed by atoms with Crippen molar-refractivity contribution in [3.8, 4) is 0 Å². The zero-order chi connectivity index (χ0) is 13.0. The van der Waals surface area contributed by atoms with Crippen molar-refractivity contribution >= 4 is 21.8 Å². The van der Waals surface area contributed by atoms with Gasteiger partial charge in [-0.25, -0.2) is 4.98 Å². The third kappa shape index (κ3) is 2.95. The van der Waals surface area contributed by atoms with Gasteiger partial charge in [0.2, 0.25) is 0 Å². The molecule has 0 spiro atoms. The van der Waals surface area contributed by atoms with Gasteiger partial charge in [-0.3, -0.25) is 9.89 Å². The molecule has 1 aromatic carbocycles. The van der Waals surface area contributed by atoms with Crippen molar-refractivity contribution in [1.82, 2.24) is 20.5 Å². The molecule has 0 radical (unpaired) electrons. The topological polar surface area (TPSA) is 70.7 Å². The molecule has 0 fully saturated rings. The van der Waals surface area contributed by atoms with Crippen LogP contribution in [-0.2, 0) is 5.33 Å². The summed E-state index contributed by atoms with van der Waals surface area (Å²) in [5.74, 6) is 0.514. The van der Waals surface area contributed by atoms with Crippen molar-refractivity contribution < 1.29 is 4.79 Å². The number of amides is 1. The van der Waals surface area contributed by atoms with Crippen LogP contribution in [0.1, 0.15) is 34.7 Å². The second kappa shape index (κ2) is 5.77. The number of H-pyrrole nitrogens is 1. The number of carbonyl (C=O) groups is 1. The number of hydrogen-bond acceptors (Lipinski definition) is 3. The molecule has 5 nitrogen and oxygen atoms in total. The van der Waals surface area contributed by atoms with Crippen LogP contribution >= 0.6 is 15.9 Å². The average molecular weight is 309 g/mol. The number of aromatic nitrogens is 3. The van der Waals surface area contributed by atoms with E-state index in [1.807, 2.05) is 19.1 Å². The Bertz CT molecular complexity index is 509. The minimum Gasteiger partial charge on any atom is -0.342 e. The lowest BCUT2D eigenvalue weighted by Crippen LogP contribution is -2.27. The van der Waals surface area contributed by atoms with E-state index in [1.165, 1.54) is 6.33 Å². The van der Waals surface area contributed by atoms with Gasteiger partial charge >= 0.3 is 0 Å². The Morgan fingerprint density at radius 2 is 2.17 bits per heavy atom. The maximum Gasteiger partial charge on any atom is 0.251 e. The van der Waals surface area contributed by atoms with Crippen LogP contribution in [0.3, 0.4) is 0 Å². The molecule has 0 saturated carbocycles. The summed E-state index contributed by atoms with van der Waals surface area (Å²) < 4.78 is 0. The second-order valence-electron chi connectivity index (χ2n) is 3.90. The molecule has 2 aromatic rings. The minimum absolute atomic E-state index is 0.125. The zero-order valence-corrected chi connectivity index (χ0v) is 11.4. The van der Waals surface area contributed by atoms with Crippen LogP contribution in [0, 0.1) is 0 Å². The highest BCUT2D eigenvalue weighted by atomic mass is 79.9. The summed E-state index contributed by atoms with van der Waals surface area (Å²) in [6, 6.07) is 7.25. The molecule has 0 aliphatic carbocycles. The van der Waals surface area contributed by atoms with Crippen molar-refractivity contribution in [1.29, 1.82) is 0 Å². The van der Waals surface area contributed by atoms with Gasteiger partial charge in [-0.05, 0) is 24.6 Å². The third-order valence-electron chi connectivity index (χ3n) is 2.56. The predicted octanol–water partition coefficient (Wildman–Crippen LogP) is 2.19. The van der Waals surface area contributed by atoms with Gasteiger partial charge in [0, 0.05) is 10.9 Å². The molecule has 1 unspecified atom stereocenters. The molecule has 1 atom stereocenters. The smallest absolute Gasteiger partial charge is 0.251 e. The first-order valence-electron chi connectivity index (χ1n) is 5.51. The first kappa shape index (κ1) is 12.8. The van der Waals surface area contributed by atoms with Gasteiger partial charge in [0.25, 0.3) is 5.91 Å². The van der Waals surface area contributed by atoms with Crippen LogP contribution in [0.2, 0.25) is 0 Å². The monoisotopic (exact) mass is 308 g/mol. The molecule has 1 amide bonds. The molecular formula is C12H13BrN4O. The number of nitrogens with one attached hydrogen (secondary N) is 2. The first-order chi connectivity index (χ1) is 8.70. The van der Waals surface area contributed by atoms with E-state index in [0.717, 1.165) is 10.9 Å². The maximum absolute atomic E-state index is 12.0. The molecule has 0 saturated heterocycles. The molecule has 0 aliphatic heterocycles. The summed E-state index contributed by atoms with van der Waals surface area (Å²) in [6.07, 6.45) is 1.42. The summed E-state index contributed by atoms with van der Waals surface area (Å²) in [4.78, 5) is 16.0. The van der Waals surface area contributed by atoms with Crippen LogP contribution in [0.25, 0.3) is 0 Å². The molecular weight excluding hydrogens is 296 g/mol. The fourth-order valence-corrected chi connectivity index (χ4v) is 1.89. The summed E-state index contributed by atoms with van der Waals surface area (Å²) in [7, 11) is 0. The number of nitrogens with zero attached hydrogens (tertiary/aromatic N) is 2. The number of alkyl halides is 1. The Hall–Kier alpha value is -1.69. The summed E-state index contributed by atoms with van der Waals surface area (Å²) >= 11 is 3.37. The van der Waals surface area contributed by atoms with E-state index in [2.05, 4.69) is 36.4 Å². The van der Waals surface area contributed by atoms with Crippen LogP contribution in [0.5, 0.6) is 0 Å². The van der Waals surface area contributed by atoms with Crippen LogP contribution < -0.4 is 5.32 Å². The van der Waals surface area contributed by atoms with E-state index >= 15 is 0 Å². The number of aromatic amines is 1. The normalized spacial score (nSPS) is 12.1. The number of hydrogen-bond donors (Lipinski definition) is 2. The highest BCUT2D eigenvalue weighted by Gasteiger charge is 2.13. The van der Waals surface area contributed by atoms with Crippen LogP contribution in [-0.4, -0.2) is 21.1 Å². The molecule has 18 heavy (non-hydrogen) atoms. The van der Waals surface area contributed by atoms with Gasteiger partial charge in [0.05, 0.1) is 6.04 Å². The van der Waals surface area contributed by atoms with Gasteiger partial charge in [-0.15, -0.1) is 0 Å². The summed E-state index contributed by atoms with van der Waals surface area (Å²) in [6.45, 7) is 1.85. The lowest BCUT2D eigenvalue weighted by atomic mass is 10.1. The quantitative estimate of drug-likeness (QED) is 0.851. The maximum atomic E-state index is 12.0. The molecule has 0 aliphatic rings. The molecule has 6 heteroatoms. The number of benzene rings is 1. The number of carbonyl (C=O) groups excluding carboxylic acids is 1. The average Bonchev–Trinajstić information content (AvgIpc) is 2.92. The second-order valence-corrected chi connectivity index (χ2v) is 4.46. The van der Waals surface area contributed by atoms with Crippen LogP contribution in [0.4, 0.5) is 0 Å². The Labute approximate surface area is 113 Å². The largest absolute Gasteiger partial charge is 0.342 e. The SMILES string of the molecule is CC(NC(=O)c1ccc(CBr)cc1)c1ncn[nH]1. The van der Waals surface area contributed by atoms with E-state index in [4.69, 9.17) is 0 Å². The van der Waals surface area contributed by atoms with Gasteiger partial charge in [0.15, 0.2) is 0 Å². The van der Waals surface area contributed by atoms with Gasteiger partial charge in [-0.2, -0.15) is 5.10 Å². The zero-order valence-electron chi connectivity index (χ0n) is 9.85. The van der Waals surface area contributed by atoms with Gasteiger partial charge in [0.1, 0.15) is 12.2 Å². The van der Waals surface area contributed by atoms with Crippen LogP contribution in [0.15, 0.2) is 30.6 Å². The molecule has 0 bridgehead atoms. The van der Waals surface area contributed by atoms with Gasteiger partial charge < -0.3 is 5.32 Å². The highest BCUT2D eigenvalue weighted by molar-refractivity contribution is 9.08. The Morgan fingerprint density at radius 3 is 2.72 bits per heavy atom. The van der Waals surface area contributed by atoms with Gasteiger partial charge in [-0.1, -0.05) is 28.1 Å². The standard InChI is InChI=1S/C12H13BrN4O/c1-8(11-14-7-15-17-11)16-12(18)10-4-2-9(6-13)3-5-10/h2-5,7-8H,6H2,1H3,(H,16,18)(H,14,15,17). The Kier molecular flexibility index (Phi) is 4.09. The molecule has 94 valence electrons. The van der Waals surface area contributed by atoms with Crippen molar-refractivity contribution in [2.75, 3.05) is 0 Å². The predicted molar refractivity (Wildman–Crippen MR) is 71.3 cm³/mol. The molecule has 1 aromatic heterocycles. The molecule has 2 N–H and O–H groups in total. The summed E-state index contributed by atoms with van der Waals surface area (Å²) in [5.41, 5.74) is 1.76. The fraction of sp³-hybridized carbons (Fsp3) is 0.250. The first-order valence-corrected chi connectivity index (χ1v) is 6.64. The Morgan fingerprint density at radius 1 is 1.44 bits per heavy atom. The molecule has 2 rings (SSSR count). The molecule has 1 heterocycles. The van der Waals surface area contributed by atoms with E-state index in [9.17, 15) is 4.79 Å². The Balaban J connectivity index is 2.03. The number of halogens is 1. The summed E-state index contributed by atoms with van der Waals surface area (Å²) in [5, 5.41) is 10.1. The lowest BCUT2D eigenvalue weighted by Gasteiger charge is -2.11. The van der Waals surface area contributed by atoms with Crippen molar-refractivity contribution in [2.24, 2.45) is 0 Å². The number of rotatable bonds is 4.